The highest BCUT2D eigenvalue weighted by atomic mass is 31.2. The molecule has 1 atom stereocenters. The third kappa shape index (κ3) is 6.41. The third-order valence-electron chi connectivity index (χ3n) is 3.30. The minimum Gasteiger partial charge on any atom is -0.426 e. The number of rotatable bonds is 6. The zero-order chi connectivity index (χ0) is 18.0. The van der Waals surface area contributed by atoms with Gasteiger partial charge in [0.05, 0.1) is 6.61 Å². The van der Waals surface area contributed by atoms with Gasteiger partial charge >= 0.3 is 7.60 Å². The third-order valence-corrected chi connectivity index (χ3v) is 5.06. The van der Waals surface area contributed by atoms with Gasteiger partial charge in [0.25, 0.3) is 0 Å². The molecule has 1 aromatic rings. The summed E-state index contributed by atoms with van der Waals surface area (Å²) in [7, 11) is -3.27. The molecule has 0 amide bonds. The van der Waals surface area contributed by atoms with Crippen LogP contribution in [0.3, 0.4) is 0 Å². The lowest BCUT2D eigenvalue weighted by Gasteiger charge is -2.22. The van der Waals surface area contributed by atoms with Gasteiger partial charge in [-0.3, -0.25) is 4.52 Å². The molecule has 25 heavy (non-hydrogen) atoms. The molecule has 1 aliphatic heterocycles. The van der Waals surface area contributed by atoms with Crippen molar-refractivity contribution in [2.45, 2.75) is 26.2 Å². The topological polar surface area (TPSA) is 35.5 Å². The number of hydrogen-bond acceptors (Lipinski definition) is 3. The molecular formula is C21H19O3P. The molecule has 1 aliphatic rings. The van der Waals surface area contributed by atoms with Crippen LogP contribution in [0.25, 0.3) is 0 Å². The zero-order valence-corrected chi connectivity index (χ0v) is 15.0. The summed E-state index contributed by atoms with van der Waals surface area (Å²) in [6.07, 6.45) is 8.77. The van der Waals surface area contributed by atoms with Gasteiger partial charge in [0, 0.05) is 18.7 Å². The molecule has 0 spiro atoms. The summed E-state index contributed by atoms with van der Waals surface area (Å²) in [5.74, 6) is 14.9. The number of terminal acetylenes is 1. The summed E-state index contributed by atoms with van der Waals surface area (Å²) >= 11 is 0. The second-order valence-corrected chi connectivity index (χ2v) is 7.00. The molecule has 1 heterocycles. The first-order chi connectivity index (χ1) is 12.1. The summed E-state index contributed by atoms with van der Waals surface area (Å²) in [5.41, 5.74) is 2.00. The van der Waals surface area contributed by atoms with Crippen molar-refractivity contribution in [3.05, 3.63) is 59.1 Å². The highest BCUT2D eigenvalue weighted by Gasteiger charge is 2.27. The van der Waals surface area contributed by atoms with E-state index in [4.69, 9.17) is 15.5 Å². The van der Waals surface area contributed by atoms with Gasteiger partial charge in [-0.25, -0.2) is 4.57 Å². The van der Waals surface area contributed by atoms with E-state index in [9.17, 15) is 4.57 Å². The summed E-state index contributed by atoms with van der Waals surface area (Å²) in [6.45, 7) is 2.10. The van der Waals surface area contributed by atoms with Gasteiger partial charge in [0.1, 0.15) is 5.76 Å². The Balaban J connectivity index is 2.11. The first-order valence-electron chi connectivity index (χ1n) is 7.99. The predicted molar refractivity (Wildman–Crippen MR) is 100 cm³/mol. The Labute approximate surface area is 149 Å². The largest absolute Gasteiger partial charge is 0.426 e. The number of allylic oxidation sites excluding steroid dienone is 3. The summed E-state index contributed by atoms with van der Waals surface area (Å²) in [6, 6.07) is 10.1. The van der Waals surface area contributed by atoms with Crippen LogP contribution in [0.4, 0.5) is 0 Å². The van der Waals surface area contributed by atoms with Crippen LogP contribution in [0.15, 0.2) is 53.6 Å². The highest BCUT2D eigenvalue weighted by molar-refractivity contribution is 7.57. The molecule has 4 heteroatoms. The van der Waals surface area contributed by atoms with E-state index in [0.717, 1.165) is 12.0 Å². The second kappa shape index (κ2) is 9.61. The summed E-state index contributed by atoms with van der Waals surface area (Å²) < 4.78 is 23.7. The average molecular weight is 350 g/mol. The highest BCUT2D eigenvalue weighted by Crippen LogP contribution is 2.55. The molecule has 1 aromatic carbocycles. The van der Waals surface area contributed by atoms with Gasteiger partial charge in [0.2, 0.25) is 0 Å². The van der Waals surface area contributed by atoms with Crippen molar-refractivity contribution >= 4 is 7.60 Å². The summed E-state index contributed by atoms with van der Waals surface area (Å²) in [4.78, 5) is 0. The molecule has 0 aliphatic carbocycles. The van der Waals surface area contributed by atoms with E-state index in [1.165, 1.54) is 11.4 Å². The standard InChI is InChI=1S/C21H19O3P/c1-3-5-6-7-9-14-20-17-21(24-25(22,18-20)23-4-2)16-15-19-12-10-8-11-13-19/h1,8,10-13,17-18H,4,14-16H2,2H3. The monoisotopic (exact) mass is 350 g/mol. The lowest BCUT2D eigenvalue weighted by atomic mass is 10.1. The van der Waals surface area contributed by atoms with Crippen LogP contribution in [0.2, 0.25) is 0 Å². The molecule has 3 nitrogen and oxygen atoms in total. The Morgan fingerprint density at radius 1 is 1.16 bits per heavy atom. The zero-order valence-electron chi connectivity index (χ0n) is 14.1. The lowest BCUT2D eigenvalue weighted by molar-refractivity contribution is 0.252. The predicted octanol–water partition coefficient (Wildman–Crippen LogP) is 4.68. The maximum absolute atomic E-state index is 12.7. The average Bonchev–Trinajstić information content (AvgIpc) is 2.60. The Bertz CT molecular complexity index is 865. The lowest BCUT2D eigenvalue weighted by Crippen LogP contribution is -2.02. The van der Waals surface area contributed by atoms with Gasteiger partial charge in [-0.1, -0.05) is 36.3 Å². The van der Waals surface area contributed by atoms with E-state index in [1.54, 1.807) is 6.92 Å². The Morgan fingerprint density at radius 3 is 2.68 bits per heavy atom. The SMILES string of the molecule is C#CC#CC#CCC1=CP(=O)(OCC)OC(CCc2ccccc2)=C1. The van der Waals surface area contributed by atoms with Crippen LogP contribution >= 0.6 is 7.60 Å². The van der Waals surface area contributed by atoms with Gasteiger partial charge in [0.15, 0.2) is 0 Å². The molecule has 0 saturated carbocycles. The van der Waals surface area contributed by atoms with E-state index in [0.29, 0.717) is 25.2 Å². The van der Waals surface area contributed by atoms with Crippen molar-refractivity contribution in [2.24, 2.45) is 0 Å². The molecular weight excluding hydrogens is 331 g/mol. The van der Waals surface area contributed by atoms with E-state index < -0.39 is 7.60 Å². The quantitative estimate of drug-likeness (QED) is 0.552. The first kappa shape index (κ1) is 18.7. The van der Waals surface area contributed by atoms with Gasteiger partial charge in [-0.15, -0.1) is 6.42 Å². The van der Waals surface area contributed by atoms with Crippen LogP contribution in [0, 0.1) is 36.0 Å². The summed E-state index contributed by atoms with van der Waals surface area (Å²) in [5, 5.41) is 0. The van der Waals surface area contributed by atoms with E-state index >= 15 is 0 Å². The van der Waals surface area contributed by atoms with Crippen molar-refractivity contribution < 1.29 is 13.6 Å². The van der Waals surface area contributed by atoms with E-state index in [2.05, 4.69) is 41.7 Å². The van der Waals surface area contributed by atoms with Crippen molar-refractivity contribution in [1.29, 1.82) is 0 Å². The Kier molecular flexibility index (Phi) is 7.19. The molecule has 2 rings (SSSR count). The minimum atomic E-state index is -3.27. The molecule has 0 aromatic heterocycles. The fourth-order valence-corrected chi connectivity index (χ4v) is 3.87. The van der Waals surface area contributed by atoms with Crippen LogP contribution in [0.1, 0.15) is 25.3 Å². The minimum absolute atomic E-state index is 0.312. The van der Waals surface area contributed by atoms with Crippen molar-refractivity contribution in [3.8, 4) is 36.0 Å². The Hall–Kier alpha value is -2.63. The maximum atomic E-state index is 12.7. The van der Waals surface area contributed by atoms with Gasteiger partial charge in [-0.2, -0.15) is 0 Å². The fourth-order valence-electron chi connectivity index (χ4n) is 2.29. The fraction of sp³-hybridized carbons (Fsp3) is 0.238. The van der Waals surface area contributed by atoms with Crippen molar-refractivity contribution in [2.75, 3.05) is 6.61 Å². The van der Waals surface area contributed by atoms with Crippen molar-refractivity contribution in [3.63, 3.8) is 0 Å². The molecule has 1 unspecified atom stereocenters. The van der Waals surface area contributed by atoms with Gasteiger partial charge < -0.3 is 4.52 Å². The molecule has 0 N–H and O–H groups in total. The van der Waals surface area contributed by atoms with Gasteiger partial charge in [-0.05, 0) is 54.2 Å². The molecule has 126 valence electrons. The molecule has 0 fully saturated rings. The normalized spacial score (nSPS) is 18.2. The Morgan fingerprint density at radius 2 is 1.96 bits per heavy atom. The maximum Gasteiger partial charge on any atom is 0.403 e. The number of aryl methyl sites for hydroxylation is 1. The molecule has 0 radical (unpaired) electrons. The van der Waals surface area contributed by atoms with Crippen LogP contribution in [0.5, 0.6) is 0 Å². The number of hydrogen-bond donors (Lipinski definition) is 0. The number of benzene rings is 1. The first-order valence-corrected chi connectivity index (χ1v) is 9.60. The van der Waals surface area contributed by atoms with E-state index in [1.807, 2.05) is 24.3 Å². The second-order valence-electron chi connectivity index (χ2n) is 5.22. The smallest absolute Gasteiger partial charge is 0.403 e. The molecule has 0 saturated heterocycles. The van der Waals surface area contributed by atoms with Crippen molar-refractivity contribution in [1.82, 2.24) is 0 Å². The molecule has 0 bridgehead atoms. The van der Waals surface area contributed by atoms with Crippen LogP contribution in [-0.4, -0.2) is 6.61 Å². The van der Waals surface area contributed by atoms with Crippen LogP contribution in [-0.2, 0) is 20.0 Å². The van der Waals surface area contributed by atoms with E-state index in [-0.39, 0.29) is 0 Å². The van der Waals surface area contributed by atoms with Crippen LogP contribution < -0.4 is 0 Å².